The van der Waals surface area contributed by atoms with Crippen LogP contribution >= 0.6 is 11.8 Å². The highest BCUT2D eigenvalue weighted by Crippen LogP contribution is 2.39. The molecule has 0 aromatic heterocycles. The van der Waals surface area contributed by atoms with E-state index in [1.807, 2.05) is 12.1 Å². The number of hydrogen-bond donors (Lipinski definition) is 1. The molecule has 74 valence electrons. The van der Waals surface area contributed by atoms with Crippen LogP contribution in [0.4, 0.5) is 11.4 Å². The second-order valence-electron chi connectivity index (χ2n) is 4.09. The van der Waals surface area contributed by atoms with Crippen molar-refractivity contribution in [3.8, 4) is 0 Å². The zero-order chi connectivity index (χ0) is 9.54. The lowest BCUT2D eigenvalue weighted by Gasteiger charge is -2.28. The van der Waals surface area contributed by atoms with Gasteiger partial charge in [-0.15, -0.1) is 0 Å². The van der Waals surface area contributed by atoms with E-state index in [9.17, 15) is 0 Å². The Morgan fingerprint density at radius 1 is 1.29 bits per heavy atom. The smallest absolute Gasteiger partial charge is 0.0392 e. The number of anilines is 2. The van der Waals surface area contributed by atoms with E-state index < -0.39 is 0 Å². The average Bonchev–Trinajstić information content (AvgIpc) is 2.80. The van der Waals surface area contributed by atoms with Gasteiger partial charge in [0.25, 0.3) is 0 Å². The molecule has 2 atom stereocenters. The highest BCUT2D eigenvalue weighted by Gasteiger charge is 2.38. The normalized spacial score (nSPS) is 29.9. The minimum Gasteiger partial charge on any atom is -0.399 e. The van der Waals surface area contributed by atoms with E-state index in [2.05, 4.69) is 28.8 Å². The van der Waals surface area contributed by atoms with Gasteiger partial charge in [0, 0.05) is 35.0 Å². The first kappa shape index (κ1) is 8.48. The van der Waals surface area contributed by atoms with Crippen LogP contribution in [0.5, 0.6) is 0 Å². The quantitative estimate of drug-likeness (QED) is 0.712. The van der Waals surface area contributed by atoms with Crippen LogP contribution in [0.25, 0.3) is 0 Å². The lowest BCUT2D eigenvalue weighted by molar-refractivity contribution is 0.763. The fourth-order valence-electron chi connectivity index (χ4n) is 2.38. The van der Waals surface area contributed by atoms with Gasteiger partial charge in [-0.3, -0.25) is 0 Å². The molecule has 2 N–H and O–H groups in total. The van der Waals surface area contributed by atoms with Crippen molar-refractivity contribution >= 4 is 23.1 Å². The Kier molecular flexibility index (Phi) is 1.87. The van der Waals surface area contributed by atoms with Crippen LogP contribution in [0.15, 0.2) is 24.3 Å². The molecule has 3 rings (SSSR count). The molecule has 2 aliphatic rings. The first-order valence-corrected chi connectivity index (χ1v) is 6.11. The van der Waals surface area contributed by atoms with Crippen molar-refractivity contribution < 1.29 is 0 Å². The monoisotopic (exact) mass is 206 g/mol. The van der Waals surface area contributed by atoms with Crippen LogP contribution in [0, 0.1) is 0 Å². The molecule has 0 aliphatic carbocycles. The highest BCUT2D eigenvalue weighted by molar-refractivity contribution is 8.00. The SMILES string of the molecule is Nc1ccc(N2CC3CC2CS3)cc1. The summed E-state index contributed by atoms with van der Waals surface area (Å²) in [5.74, 6) is 1.30. The van der Waals surface area contributed by atoms with Crippen LogP contribution in [0.3, 0.4) is 0 Å². The summed E-state index contributed by atoms with van der Waals surface area (Å²) >= 11 is 2.13. The third-order valence-electron chi connectivity index (χ3n) is 3.13. The number of benzene rings is 1. The Labute approximate surface area is 88.5 Å². The van der Waals surface area contributed by atoms with Gasteiger partial charge < -0.3 is 10.6 Å². The fourth-order valence-corrected chi connectivity index (χ4v) is 3.82. The molecule has 2 fully saturated rings. The lowest BCUT2D eigenvalue weighted by Crippen LogP contribution is -2.33. The molecule has 14 heavy (non-hydrogen) atoms. The Bertz CT molecular complexity index is 336. The van der Waals surface area contributed by atoms with Gasteiger partial charge in [-0.1, -0.05) is 0 Å². The third-order valence-corrected chi connectivity index (χ3v) is 4.52. The minimum atomic E-state index is 0.772. The molecule has 0 saturated carbocycles. The number of fused-ring (bicyclic) bond motifs is 2. The van der Waals surface area contributed by atoms with E-state index in [1.54, 1.807) is 0 Å². The van der Waals surface area contributed by atoms with E-state index >= 15 is 0 Å². The topological polar surface area (TPSA) is 29.3 Å². The number of hydrogen-bond acceptors (Lipinski definition) is 3. The van der Waals surface area contributed by atoms with E-state index in [4.69, 9.17) is 5.73 Å². The maximum absolute atomic E-state index is 5.68. The molecule has 2 bridgehead atoms. The van der Waals surface area contributed by atoms with Crippen molar-refractivity contribution in [2.75, 3.05) is 22.9 Å². The van der Waals surface area contributed by atoms with Crippen molar-refractivity contribution in [3.63, 3.8) is 0 Å². The molecule has 2 saturated heterocycles. The Morgan fingerprint density at radius 2 is 2.07 bits per heavy atom. The van der Waals surface area contributed by atoms with Crippen molar-refractivity contribution in [2.45, 2.75) is 17.7 Å². The number of nitrogens with two attached hydrogens (primary N) is 1. The van der Waals surface area contributed by atoms with Crippen LogP contribution in [0.1, 0.15) is 6.42 Å². The van der Waals surface area contributed by atoms with Gasteiger partial charge in [-0.2, -0.15) is 11.8 Å². The molecular formula is C11H14N2S. The summed E-state index contributed by atoms with van der Waals surface area (Å²) in [4.78, 5) is 2.53. The van der Waals surface area contributed by atoms with Gasteiger partial charge in [0.05, 0.1) is 0 Å². The molecule has 1 aromatic rings. The molecule has 0 amide bonds. The number of nitrogen functional groups attached to an aromatic ring is 1. The van der Waals surface area contributed by atoms with Crippen LogP contribution in [-0.2, 0) is 0 Å². The summed E-state index contributed by atoms with van der Waals surface area (Å²) in [6.45, 7) is 1.22. The number of thioether (sulfide) groups is 1. The third kappa shape index (κ3) is 1.27. The molecule has 2 nitrogen and oxygen atoms in total. The number of nitrogens with zero attached hydrogens (tertiary/aromatic N) is 1. The first-order valence-electron chi connectivity index (χ1n) is 5.07. The molecule has 2 heterocycles. The van der Waals surface area contributed by atoms with Crippen molar-refractivity contribution in [2.24, 2.45) is 0 Å². The summed E-state index contributed by atoms with van der Waals surface area (Å²) < 4.78 is 0. The predicted octanol–water partition coefficient (Wildman–Crippen LogP) is 1.96. The van der Waals surface area contributed by atoms with E-state index in [0.717, 1.165) is 17.0 Å². The molecule has 1 aromatic carbocycles. The zero-order valence-corrected chi connectivity index (χ0v) is 8.83. The Balaban J connectivity index is 1.86. The lowest BCUT2D eigenvalue weighted by atomic mass is 10.2. The van der Waals surface area contributed by atoms with Gasteiger partial charge in [0.15, 0.2) is 0 Å². The summed E-state index contributed by atoms with van der Waals surface area (Å²) in [6, 6.07) is 9.04. The molecule has 2 aliphatic heterocycles. The summed E-state index contributed by atoms with van der Waals surface area (Å²) in [6.07, 6.45) is 1.37. The van der Waals surface area contributed by atoms with Crippen LogP contribution in [-0.4, -0.2) is 23.6 Å². The van der Waals surface area contributed by atoms with Gasteiger partial charge >= 0.3 is 0 Å². The van der Waals surface area contributed by atoms with Gasteiger partial charge in [0.2, 0.25) is 0 Å². The van der Waals surface area contributed by atoms with E-state index in [1.165, 1.54) is 24.4 Å². The highest BCUT2D eigenvalue weighted by atomic mass is 32.2. The van der Waals surface area contributed by atoms with Crippen LogP contribution in [0.2, 0.25) is 0 Å². The molecular weight excluding hydrogens is 192 g/mol. The van der Waals surface area contributed by atoms with Gasteiger partial charge in [0.1, 0.15) is 0 Å². The maximum Gasteiger partial charge on any atom is 0.0392 e. The fraction of sp³-hybridized carbons (Fsp3) is 0.455. The van der Waals surface area contributed by atoms with Crippen molar-refractivity contribution in [3.05, 3.63) is 24.3 Å². The Morgan fingerprint density at radius 3 is 2.64 bits per heavy atom. The zero-order valence-electron chi connectivity index (χ0n) is 8.02. The van der Waals surface area contributed by atoms with E-state index in [-0.39, 0.29) is 0 Å². The second kappa shape index (κ2) is 3.09. The van der Waals surface area contributed by atoms with Crippen molar-refractivity contribution in [1.29, 1.82) is 0 Å². The molecule has 0 radical (unpaired) electrons. The second-order valence-corrected chi connectivity index (χ2v) is 5.42. The largest absolute Gasteiger partial charge is 0.399 e. The number of rotatable bonds is 1. The van der Waals surface area contributed by atoms with E-state index in [0.29, 0.717) is 0 Å². The first-order chi connectivity index (χ1) is 6.83. The molecule has 3 heteroatoms. The van der Waals surface area contributed by atoms with Crippen molar-refractivity contribution in [1.82, 2.24) is 0 Å². The minimum absolute atomic E-state index is 0.772. The molecule has 0 spiro atoms. The molecule has 2 unspecified atom stereocenters. The summed E-state index contributed by atoms with van der Waals surface area (Å²) in [5, 5.41) is 0.873. The van der Waals surface area contributed by atoms with Gasteiger partial charge in [-0.05, 0) is 30.7 Å². The average molecular weight is 206 g/mol. The summed E-state index contributed by atoms with van der Waals surface area (Å²) in [5.41, 5.74) is 7.87. The maximum atomic E-state index is 5.68. The van der Waals surface area contributed by atoms with Gasteiger partial charge in [-0.25, -0.2) is 0 Å². The Hall–Kier alpha value is -0.830. The van der Waals surface area contributed by atoms with Crippen LogP contribution < -0.4 is 10.6 Å². The summed E-state index contributed by atoms with van der Waals surface area (Å²) in [7, 11) is 0. The standard InChI is InChI=1S/C11H14N2S/c12-8-1-3-9(4-2-8)13-6-11-5-10(13)7-14-11/h1-4,10-11H,5-7,12H2. The predicted molar refractivity (Wildman–Crippen MR) is 62.9 cm³/mol.